The second-order valence-electron chi connectivity index (χ2n) is 1.58. The minimum atomic E-state index is -1.31. The number of hydrogen-bond donors (Lipinski definition) is 0. The summed E-state index contributed by atoms with van der Waals surface area (Å²) in [6, 6.07) is 0. The molecule has 1 aliphatic heterocycles. The van der Waals surface area contributed by atoms with Gasteiger partial charge in [-0.2, -0.15) is 0 Å². The van der Waals surface area contributed by atoms with Gasteiger partial charge in [0.15, 0.2) is 7.63 Å². The SMILES string of the molecule is ClP1C(Cl)(Cl)P(Cl)C1(Cl)Cl. The van der Waals surface area contributed by atoms with Gasteiger partial charge in [0.1, 0.15) is 0 Å². The Morgan fingerprint density at radius 3 is 1.00 bits per heavy atom. The molecule has 0 unspecified atom stereocenters. The fourth-order valence-corrected chi connectivity index (χ4v) is 12.3. The predicted octanol–water partition coefficient (Wildman–Crippen LogP) is 5.45. The fraction of sp³-hybridized carbons (Fsp3) is 1.00. The summed E-state index contributed by atoms with van der Waals surface area (Å²) in [6.07, 6.45) is 0. The zero-order valence-electron chi connectivity index (χ0n) is 4.16. The van der Waals surface area contributed by atoms with Crippen molar-refractivity contribution in [3.63, 3.8) is 0 Å². The third-order valence-electron chi connectivity index (χ3n) is 0.945. The van der Waals surface area contributed by atoms with Crippen molar-refractivity contribution in [3.05, 3.63) is 0 Å². The summed E-state index contributed by atoms with van der Waals surface area (Å²) in [5, 5.41) is 0. The van der Waals surface area contributed by atoms with Crippen LogP contribution < -0.4 is 0 Å². The molecule has 1 saturated heterocycles. The second-order valence-corrected chi connectivity index (χ2v) is 12.9. The van der Waals surface area contributed by atoms with Crippen LogP contribution in [-0.2, 0) is 0 Å². The van der Waals surface area contributed by atoms with E-state index in [2.05, 4.69) is 0 Å². The summed E-state index contributed by atoms with van der Waals surface area (Å²) in [5.74, 6) is 0. The third kappa shape index (κ3) is 1.38. The molecule has 0 aromatic rings. The Balaban J connectivity index is 2.78. The molecule has 0 amide bonds. The van der Waals surface area contributed by atoms with Crippen molar-refractivity contribution in [2.45, 2.75) is 7.63 Å². The number of hydrogen-bond acceptors (Lipinski definition) is 0. The average Bonchev–Trinajstić information content (AvgIpc) is 1.84. The van der Waals surface area contributed by atoms with E-state index < -0.39 is 22.2 Å². The summed E-state index contributed by atoms with van der Waals surface area (Å²) in [4.78, 5) is 0. The quantitative estimate of drug-likeness (QED) is 0.412. The molecule has 0 spiro atoms. The number of halogens is 6. The second kappa shape index (κ2) is 3.07. The van der Waals surface area contributed by atoms with Crippen molar-refractivity contribution in [1.82, 2.24) is 0 Å². The largest absolute Gasteiger partial charge is 0.189 e. The van der Waals surface area contributed by atoms with Gasteiger partial charge in [0.2, 0.25) is 0 Å². The normalized spacial score (nSPS) is 42.6. The van der Waals surface area contributed by atoms with Crippen molar-refractivity contribution in [2.24, 2.45) is 0 Å². The van der Waals surface area contributed by atoms with Gasteiger partial charge in [0, 0.05) is 0 Å². The van der Waals surface area contributed by atoms with Crippen LogP contribution in [0.5, 0.6) is 0 Å². The highest BCUT2D eigenvalue weighted by Crippen LogP contribution is 3.01. The summed E-state index contributed by atoms with van der Waals surface area (Å²) in [7, 11) is -2.63. The summed E-state index contributed by atoms with van der Waals surface area (Å²) >= 11 is 34.1. The van der Waals surface area contributed by atoms with Crippen LogP contribution in [0.2, 0.25) is 0 Å². The van der Waals surface area contributed by atoms with E-state index in [9.17, 15) is 0 Å². The maximum atomic E-state index is 5.70. The Hall–Kier alpha value is 2.60. The highest BCUT2D eigenvalue weighted by atomic mass is 35.7. The molecule has 0 atom stereocenters. The van der Waals surface area contributed by atoms with Crippen LogP contribution >= 0.6 is 83.4 Å². The van der Waals surface area contributed by atoms with E-state index in [1.807, 2.05) is 0 Å². The monoisotopic (exact) mass is 296 g/mol. The molecular formula is C2Cl6P2. The summed E-state index contributed by atoms with van der Waals surface area (Å²) < 4.78 is -2.17. The maximum absolute atomic E-state index is 5.70. The molecule has 8 heteroatoms. The van der Waals surface area contributed by atoms with Crippen molar-refractivity contribution >= 4 is 83.4 Å². The molecule has 0 aromatic heterocycles. The Morgan fingerprint density at radius 2 is 0.900 bits per heavy atom. The molecule has 0 aliphatic carbocycles. The predicted molar refractivity (Wildman–Crippen MR) is 54.4 cm³/mol. The molecule has 0 saturated carbocycles. The topological polar surface area (TPSA) is 0 Å². The first kappa shape index (κ1) is 10.7. The Labute approximate surface area is 90.5 Å². The lowest BCUT2D eigenvalue weighted by Gasteiger charge is -2.49. The molecule has 1 fully saturated rings. The van der Waals surface area contributed by atoms with E-state index >= 15 is 0 Å². The number of alkyl halides is 4. The minimum absolute atomic E-state index is 1.09. The first-order valence-corrected chi connectivity index (χ1v) is 7.99. The smallest absolute Gasteiger partial charge is 0.0890 e. The molecule has 0 N–H and O–H groups in total. The van der Waals surface area contributed by atoms with E-state index in [1.165, 1.54) is 0 Å². The zero-order chi connectivity index (χ0) is 8.15. The summed E-state index contributed by atoms with van der Waals surface area (Å²) in [6.45, 7) is 0. The molecule has 60 valence electrons. The van der Waals surface area contributed by atoms with Gasteiger partial charge in [-0.25, -0.2) is 0 Å². The van der Waals surface area contributed by atoms with Gasteiger partial charge in [-0.3, -0.25) is 0 Å². The third-order valence-corrected chi connectivity index (χ3v) is 15.8. The molecule has 1 heterocycles. The van der Waals surface area contributed by atoms with Crippen LogP contribution in [-0.4, -0.2) is 7.63 Å². The molecule has 10 heavy (non-hydrogen) atoms. The lowest BCUT2D eigenvalue weighted by atomic mass is 11.7. The standard InChI is InChI=1S/C2Cl6P2/c3-1(4)9(7)2(5,6)10(1)8. The Morgan fingerprint density at radius 1 is 0.700 bits per heavy atom. The molecule has 0 aromatic carbocycles. The van der Waals surface area contributed by atoms with Gasteiger partial charge < -0.3 is 0 Å². The van der Waals surface area contributed by atoms with Crippen molar-refractivity contribution in [1.29, 1.82) is 0 Å². The zero-order valence-corrected chi connectivity index (χ0v) is 10.5. The van der Waals surface area contributed by atoms with Gasteiger partial charge in [0.25, 0.3) is 0 Å². The molecule has 0 radical (unpaired) electrons. The van der Waals surface area contributed by atoms with E-state index in [0.717, 1.165) is 0 Å². The average molecular weight is 299 g/mol. The van der Waals surface area contributed by atoms with Crippen LogP contribution in [0.25, 0.3) is 0 Å². The highest BCUT2D eigenvalue weighted by molar-refractivity contribution is 8.21. The fourth-order valence-electron chi connectivity index (χ4n) is 0.433. The molecule has 1 aliphatic rings. The van der Waals surface area contributed by atoms with E-state index in [1.54, 1.807) is 0 Å². The first-order chi connectivity index (χ1) is 4.31. The van der Waals surface area contributed by atoms with Crippen LogP contribution in [0, 0.1) is 0 Å². The van der Waals surface area contributed by atoms with Gasteiger partial charge >= 0.3 is 0 Å². The van der Waals surface area contributed by atoms with Crippen LogP contribution in [0.15, 0.2) is 0 Å². The molecule has 1 rings (SSSR count). The lowest BCUT2D eigenvalue weighted by Crippen LogP contribution is -2.29. The summed E-state index contributed by atoms with van der Waals surface area (Å²) in [5.41, 5.74) is 0. The molecular weight excluding hydrogens is 299 g/mol. The van der Waals surface area contributed by atoms with Gasteiger partial charge in [-0.1, -0.05) is 68.9 Å². The van der Waals surface area contributed by atoms with Crippen LogP contribution in [0.1, 0.15) is 0 Å². The van der Waals surface area contributed by atoms with Gasteiger partial charge in [-0.05, 0) is 0 Å². The minimum Gasteiger partial charge on any atom is -0.0890 e. The Bertz CT molecular complexity index is 126. The van der Waals surface area contributed by atoms with Crippen molar-refractivity contribution < 1.29 is 0 Å². The molecule has 0 nitrogen and oxygen atoms in total. The highest BCUT2D eigenvalue weighted by Gasteiger charge is 2.69. The van der Waals surface area contributed by atoms with Crippen LogP contribution in [0.3, 0.4) is 0 Å². The van der Waals surface area contributed by atoms with Crippen molar-refractivity contribution in [2.75, 3.05) is 0 Å². The van der Waals surface area contributed by atoms with Crippen molar-refractivity contribution in [3.8, 4) is 0 Å². The molecule has 0 bridgehead atoms. The van der Waals surface area contributed by atoms with E-state index in [-0.39, 0.29) is 0 Å². The van der Waals surface area contributed by atoms with Gasteiger partial charge in [-0.15, -0.1) is 0 Å². The van der Waals surface area contributed by atoms with Gasteiger partial charge in [0.05, 0.1) is 14.5 Å². The van der Waals surface area contributed by atoms with E-state index in [4.69, 9.17) is 68.9 Å². The van der Waals surface area contributed by atoms with E-state index in [0.29, 0.717) is 0 Å². The maximum Gasteiger partial charge on any atom is 0.189 e. The van der Waals surface area contributed by atoms with Crippen LogP contribution in [0.4, 0.5) is 0 Å². The Kier molecular flexibility index (Phi) is 3.28. The number of rotatable bonds is 0. The lowest BCUT2D eigenvalue weighted by molar-refractivity contribution is 1.50. The first-order valence-electron chi connectivity index (χ1n) is 1.99.